The smallest absolute Gasteiger partial charge is 0.290 e. The maximum absolute atomic E-state index is 12.6. The van der Waals surface area contributed by atoms with Crippen molar-refractivity contribution < 1.29 is 14.4 Å². The number of anilines is 1. The quantitative estimate of drug-likeness (QED) is 0.675. The van der Waals surface area contributed by atoms with E-state index in [1.807, 2.05) is 0 Å². The number of rotatable bonds is 3. The summed E-state index contributed by atoms with van der Waals surface area (Å²) < 4.78 is 0. The molecule has 1 saturated heterocycles. The highest BCUT2D eigenvalue weighted by molar-refractivity contribution is 6.35. The fraction of sp³-hybridized carbons (Fsp3) is 0.333. The first-order chi connectivity index (χ1) is 10.1. The van der Waals surface area contributed by atoms with Crippen molar-refractivity contribution in [2.75, 3.05) is 4.90 Å². The Labute approximate surface area is 121 Å². The van der Waals surface area contributed by atoms with Crippen LogP contribution >= 0.6 is 0 Å². The normalized spacial score (nSPS) is 23.3. The molecular formula is C15H15N3O3. The fourth-order valence-electron chi connectivity index (χ4n) is 2.33. The maximum atomic E-state index is 12.6. The van der Waals surface area contributed by atoms with Crippen molar-refractivity contribution in [3.63, 3.8) is 0 Å². The van der Waals surface area contributed by atoms with Gasteiger partial charge >= 0.3 is 6.03 Å². The van der Waals surface area contributed by atoms with Crippen molar-refractivity contribution in [2.24, 2.45) is 10.9 Å². The number of hydrogen-bond acceptors (Lipinski definition) is 4. The van der Waals surface area contributed by atoms with Gasteiger partial charge in [-0.05, 0) is 31.9 Å². The first-order valence-electron chi connectivity index (χ1n) is 6.86. The molecule has 6 nitrogen and oxygen atoms in total. The van der Waals surface area contributed by atoms with Crippen molar-refractivity contribution in [2.45, 2.75) is 25.8 Å². The number of nitrogens with one attached hydrogen (secondary N) is 1. The molecule has 0 aromatic heterocycles. The van der Waals surface area contributed by atoms with Crippen LogP contribution < -0.4 is 10.2 Å². The van der Waals surface area contributed by atoms with Gasteiger partial charge in [0.1, 0.15) is 0 Å². The Morgan fingerprint density at radius 2 is 1.86 bits per heavy atom. The van der Waals surface area contributed by atoms with Crippen LogP contribution in [0.2, 0.25) is 0 Å². The van der Waals surface area contributed by atoms with Crippen molar-refractivity contribution in [1.29, 1.82) is 0 Å². The molecule has 0 bridgehead atoms. The molecule has 1 aliphatic carbocycles. The van der Waals surface area contributed by atoms with Gasteiger partial charge in [0.05, 0.1) is 11.7 Å². The summed E-state index contributed by atoms with van der Waals surface area (Å²) in [6.07, 6.45) is 1.97. The van der Waals surface area contributed by atoms with Crippen LogP contribution in [-0.2, 0) is 9.59 Å². The molecule has 6 heteroatoms. The van der Waals surface area contributed by atoms with E-state index in [1.165, 1.54) is 0 Å². The van der Waals surface area contributed by atoms with Crippen LogP contribution in [0, 0.1) is 5.92 Å². The SMILES string of the molecule is CC(=NC1CC1)C1C(=O)NC(=O)N(c2ccccc2)C1=O. The molecule has 1 heterocycles. The average molecular weight is 285 g/mol. The number of hydrogen-bond donors (Lipinski definition) is 1. The zero-order chi connectivity index (χ0) is 15.0. The standard InChI is InChI=1S/C15H15N3O3/c1-9(16-10-7-8-10)12-13(19)17-15(21)18(14(12)20)11-5-3-2-4-6-11/h2-6,10,12H,7-8H2,1H3,(H,17,19,21). The van der Waals surface area contributed by atoms with Crippen molar-refractivity contribution in [1.82, 2.24) is 5.32 Å². The van der Waals surface area contributed by atoms with Crippen molar-refractivity contribution in [3.8, 4) is 0 Å². The van der Waals surface area contributed by atoms with Crippen molar-refractivity contribution >= 4 is 29.2 Å². The van der Waals surface area contributed by atoms with E-state index in [4.69, 9.17) is 0 Å². The van der Waals surface area contributed by atoms with Gasteiger partial charge in [0, 0.05) is 5.71 Å². The van der Waals surface area contributed by atoms with Gasteiger partial charge in [-0.15, -0.1) is 0 Å². The van der Waals surface area contributed by atoms with Gasteiger partial charge < -0.3 is 0 Å². The van der Waals surface area contributed by atoms with E-state index in [0.717, 1.165) is 17.7 Å². The Kier molecular flexibility index (Phi) is 3.29. The number of barbiturate groups is 1. The Bertz CT molecular complexity index is 635. The van der Waals surface area contributed by atoms with Crippen LogP contribution in [0.5, 0.6) is 0 Å². The number of para-hydroxylation sites is 1. The number of nitrogens with zero attached hydrogens (tertiary/aromatic N) is 2. The number of carbonyl (C=O) groups excluding carboxylic acids is 3. The minimum absolute atomic E-state index is 0.216. The number of amides is 4. The van der Waals surface area contributed by atoms with E-state index in [-0.39, 0.29) is 6.04 Å². The summed E-state index contributed by atoms with van der Waals surface area (Å²) in [5, 5.41) is 2.23. The molecule has 1 aromatic rings. The maximum Gasteiger partial charge on any atom is 0.335 e. The summed E-state index contributed by atoms with van der Waals surface area (Å²) in [5.74, 6) is -2.17. The van der Waals surface area contributed by atoms with Crippen LogP contribution in [0.15, 0.2) is 35.3 Å². The van der Waals surface area contributed by atoms with E-state index in [2.05, 4.69) is 10.3 Å². The molecule has 2 aliphatic rings. The number of urea groups is 1. The van der Waals surface area contributed by atoms with E-state index in [0.29, 0.717) is 11.4 Å². The predicted octanol–water partition coefficient (Wildman–Crippen LogP) is 1.51. The molecule has 1 aliphatic heterocycles. The molecule has 2 fully saturated rings. The van der Waals surface area contributed by atoms with Gasteiger partial charge in [-0.1, -0.05) is 18.2 Å². The zero-order valence-corrected chi connectivity index (χ0v) is 11.6. The summed E-state index contributed by atoms with van der Waals surface area (Å²) in [6, 6.07) is 8.05. The molecule has 1 aromatic carbocycles. The third kappa shape index (κ3) is 2.56. The van der Waals surface area contributed by atoms with Crippen LogP contribution in [-0.4, -0.2) is 29.6 Å². The van der Waals surface area contributed by atoms with Crippen LogP contribution in [0.3, 0.4) is 0 Å². The zero-order valence-electron chi connectivity index (χ0n) is 11.6. The van der Waals surface area contributed by atoms with Crippen molar-refractivity contribution in [3.05, 3.63) is 30.3 Å². The van der Waals surface area contributed by atoms with Crippen LogP contribution in [0.4, 0.5) is 10.5 Å². The molecule has 1 unspecified atom stereocenters. The first kappa shape index (κ1) is 13.5. The molecule has 3 rings (SSSR count). The lowest BCUT2D eigenvalue weighted by Gasteiger charge is -2.30. The highest BCUT2D eigenvalue weighted by Gasteiger charge is 2.43. The highest BCUT2D eigenvalue weighted by Crippen LogP contribution is 2.26. The first-order valence-corrected chi connectivity index (χ1v) is 6.86. The molecule has 1 saturated carbocycles. The fourth-order valence-corrected chi connectivity index (χ4v) is 2.33. The van der Waals surface area contributed by atoms with Gasteiger partial charge in [-0.25, -0.2) is 9.69 Å². The summed E-state index contributed by atoms with van der Waals surface area (Å²) >= 11 is 0. The molecular weight excluding hydrogens is 270 g/mol. The number of imide groups is 2. The average Bonchev–Trinajstić information content (AvgIpc) is 3.23. The molecule has 1 atom stereocenters. The topological polar surface area (TPSA) is 78.8 Å². The van der Waals surface area contributed by atoms with E-state index in [1.54, 1.807) is 37.3 Å². The lowest BCUT2D eigenvalue weighted by Crippen LogP contribution is -2.60. The highest BCUT2D eigenvalue weighted by atomic mass is 16.2. The Hall–Kier alpha value is -2.50. The minimum atomic E-state index is -1.02. The minimum Gasteiger partial charge on any atom is -0.290 e. The largest absolute Gasteiger partial charge is 0.335 e. The Balaban J connectivity index is 1.93. The number of carbonyl (C=O) groups is 3. The second kappa shape index (κ2) is 5.12. The van der Waals surface area contributed by atoms with E-state index < -0.39 is 23.8 Å². The molecule has 21 heavy (non-hydrogen) atoms. The second-order valence-electron chi connectivity index (χ2n) is 5.24. The molecule has 0 spiro atoms. The van der Waals surface area contributed by atoms with Gasteiger partial charge in [-0.3, -0.25) is 19.9 Å². The van der Waals surface area contributed by atoms with Crippen LogP contribution in [0.1, 0.15) is 19.8 Å². The lowest BCUT2D eigenvalue weighted by molar-refractivity contribution is -0.131. The second-order valence-corrected chi connectivity index (χ2v) is 5.24. The summed E-state index contributed by atoms with van der Waals surface area (Å²) in [5.41, 5.74) is 0.908. The number of aliphatic imine (C=N–C) groups is 1. The third-order valence-electron chi connectivity index (χ3n) is 3.53. The molecule has 1 N–H and O–H groups in total. The predicted molar refractivity (Wildman–Crippen MR) is 77.1 cm³/mol. The monoisotopic (exact) mass is 285 g/mol. The van der Waals surface area contributed by atoms with Crippen LogP contribution in [0.25, 0.3) is 0 Å². The third-order valence-corrected chi connectivity index (χ3v) is 3.53. The Morgan fingerprint density at radius 1 is 1.19 bits per heavy atom. The van der Waals surface area contributed by atoms with Gasteiger partial charge in [-0.2, -0.15) is 0 Å². The molecule has 108 valence electrons. The summed E-state index contributed by atoms with van der Waals surface area (Å²) in [4.78, 5) is 41.8. The Morgan fingerprint density at radius 3 is 2.48 bits per heavy atom. The summed E-state index contributed by atoms with van der Waals surface area (Å²) in [7, 11) is 0. The van der Waals surface area contributed by atoms with Gasteiger partial charge in [0.25, 0.3) is 5.91 Å². The van der Waals surface area contributed by atoms with Gasteiger partial charge in [0.15, 0.2) is 5.92 Å². The van der Waals surface area contributed by atoms with E-state index >= 15 is 0 Å². The summed E-state index contributed by atoms with van der Waals surface area (Å²) in [6.45, 7) is 1.67. The van der Waals surface area contributed by atoms with E-state index in [9.17, 15) is 14.4 Å². The molecule has 0 radical (unpaired) electrons. The number of benzene rings is 1. The van der Waals surface area contributed by atoms with Gasteiger partial charge in [0.2, 0.25) is 5.91 Å². The lowest BCUT2D eigenvalue weighted by atomic mass is 9.99. The molecule has 4 amide bonds.